The van der Waals surface area contributed by atoms with E-state index in [0.717, 1.165) is 30.2 Å². The van der Waals surface area contributed by atoms with Gasteiger partial charge in [0.2, 0.25) is 0 Å². The van der Waals surface area contributed by atoms with Crippen LogP contribution in [0.15, 0.2) is 41.8 Å². The number of thiophene rings is 1. The van der Waals surface area contributed by atoms with Crippen molar-refractivity contribution < 1.29 is 13.2 Å². The Morgan fingerprint density at radius 1 is 1.28 bits per heavy atom. The second-order valence-corrected chi connectivity index (χ2v) is 8.92. The van der Waals surface area contributed by atoms with Gasteiger partial charge in [0.25, 0.3) is 15.9 Å². The van der Waals surface area contributed by atoms with E-state index >= 15 is 0 Å². The van der Waals surface area contributed by atoms with E-state index in [1.807, 2.05) is 24.3 Å². The first-order valence-corrected chi connectivity index (χ1v) is 10.5. The number of carbonyl (C=O) groups excluding carboxylic acids is 1. The first-order valence-electron chi connectivity index (χ1n) is 8.10. The van der Waals surface area contributed by atoms with Gasteiger partial charge in [-0.2, -0.15) is 0 Å². The SMILES string of the molecule is CC1CCc2sc(C(=O)NNS(=O)(=O)C=Cc3ccccc3)cc2C1. The predicted octanol–water partition coefficient (Wildman–Crippen LogP) is 3.11. The molecule has 1 heterocycles. The van der Waals surface area contributed by atoms with Crippen LogP contribution in [0.2, 0.25) is 0 Å². The van der Waals surface area contributed by atoms with E-state index in [4.69, 9.17) is 0 Å². The van der Waals surface area contributed by atoms with Crippen molar-refractivity contribution in [1.29, 1.82) is 0 Å². The summed E-state index contributed by atoms with van der Waals surface area (Å²) in [6.07, 6.45) is 4.57. The highest BCUT2D eigenvalue weighted by atomic mass is 32.2. The number of fused-ring (bicyclic) bond motifs is 1. The van der Waals surface area contributed by atoms with Crippen LogP contribution in [0, 0.1) is 5.92 Å². The lowest BCUT2D eigenvalue weighted by Gasteiger charge is -2.16. The fourth-order valence-electron chi connectivity index (χ4n) is 2.76. The van der Waals surface area contributed by atoms with Gasteiger partial charge in [0, 0.05) is 10.3 Å². The zero-order valence-electron chi connectivity index (χ0n) is 13.9. The van der Waals surface area contributed by atoms with Gasteiger partial charge in [-0.25, -0.2) is 8.42 Å². The molecule has 0 aliphatic heterocycles. The summed E-state index contributed by atoms with van der Waals surface area (Å²) in [6, 6.07) is 11.0. The molecule has 5 nitrogen and oxygen atoms in total. The van der Waals surface area contributed by atoms with Crippen molar-refractivity contribution in [2.45, 2.75) is 26.2 Å². The molecule has 132 valence electrons. The van der Waals surface area contributed by atoms with Crippen molar-refractivity contribution in [2.24, 2.45) is 5.92 Å². The number of carbonyl (C=O) groups is 1. The highest BCUT2D eigenvalue weighted by molar-refractivity contribution is 7.92. The van der Waals surface area contributed by atoms with Crippen LogP contribution in [0.4, 0.5) is 0 Å². The Morgan fingerprint density at radius 2 is 2.04 bits per heavy atom. The molecule has 1 unspecified atom stereocenters. The smallest absolute Gasteiger partial charge is 0.273 e. The number of amides is 1. The number of hydrogen-bond donors (Lipinski definition) is 2. The average molecular weight is 377 g/mol. The zero-order valence-corrected chi connectivity index (χ0v) is 15.5. The van der Waals surface area contributed by atoms with Gasteiger partial charge < -0.3 is 0 Å². The average Bonchev–Trinajstić information content (AvgIpc) is 3.02. The summed E-state index contributed by atoms with van der Waals surface area (Å²) in [5.74, 6) is 0.198. The maximum absolute atomic E-state index is 12.2. The quantitative estimate of drug-likeness (QED) is 0.788. The normalized spacial score (nSPS) is 17.4. The second-order valence-electron chi connectivity index (χ2n) is 6.22. The van der Waals surface area contributed by atoms with Crippen molar-refractivity contribution in [3.8, 4) is 0 Å². The van der Waals surface area contributed by atoms with E-state index in [1.165, 1.54) is 27.9 Å². The monoisotopic (exact) mass is 376 g/mol. The molecule has 1 aromatic carbocycles. The van der Waals surface area contributed by atoms with Gasteiger partial charge in [-0.1, -0.05) is 37.3 Å². The van der Waals surface area contributed by atoms with E-state index in [9.17, 15) is 13.2 Å². The first kappa shape index (κ1) is 17.8. The summed E-state index contributed by atoms with van der Waals surface area (Å²) >= 11 is 1.44. The number of hydrogen-bond acceptors (Lipinski definition) is 4. The van der Waals surface area contributed by atoms with Crippen LogP contribution in [0.25, 0.3) is 6.08 Å². The second kappa shape index (κ2) is 7.51. The van der Waals surface area contributed by atoms with Crippen LogP contribution in [-0.2, 0) is 22.9 Å². The molecule has 0 saturated heterocycles. The first-order chi connectivity index (χ1) is 11.9. The Bertz CT molecular complexity index is 886. The van der Waals surface area contributed by atoms with Crippen LogP contribution in [0.1, 0.15) is 39.0 Å². The molecular formula is C18H20N2O3S2. The summed E-state index contributed by atoms with van der Waals surface area (Å²) < 4.78 is 23.9. The summed E-state index contributed by atoms with van der Waals surface area (Å²) in [5, 5.41) is 1.03. The maximum Gasteiger partial charge on any atom is 0.276 e. The lowest BCUT2D eigenvalue weighted by atomic mass is 9.90. The van der Waals surface area contributed by atoms with Crippen molar-refractivity contribution in [1.82, 2.24) is 10.3 Å². The standard InChI is InChI=1S/C18H20N2O3S2/c1-13-7-8-16-15(11-13)12-17(24-16)18(21)19-20-25(22,23)10-9-14-5-3-2-4-6-14/h2-6,9-10,12-13,20H,7-8,11H2,1H3,(H,19,21). The minimum absolute atomic E-state index is 0.427. The Morgan fingerprint density at radius 3 is 2.80 bits per heavy atom. The predicted molar refractivity (Wildman–Crippen MR) is 101 cm³/mol. The lowest BCUT2D eigenvalue weighted by molar-refractivity contribution is 0.0949. The molecule has 3 rings (SSSR count). The molecule has 25 heavy (non-hydrogen) atoms. The summed E-state index contributed by atoms with van der Waals surface area (Å²) in [6.45, 7) is 2.20. The number of hydrazine groups is 1. The third kappa shape index (κ3) is 4.78. The highest BCUT2D eigenvalue weighted by Gasteiger charge is 2.21. The Balaban J connectivity index is 1.61. The van der Waals surface area contributed by atoms with Crippen molar-refractivity contribution in [2.75, 3.05) is 0 Å². The van der Waals surface area contributed by atoms with Crippen LogP contribution >= 0.6 is 11.3 Å². The largest absolute Gasteiger partial charge is 0.276 e. The zero-order chi connectivity index (χ0) is 17.9. The summed E-state index contributed by atoms with van der Waals surface area (Å²) in [4.78, 5) is 16.1. The fraction of sp³-hybridized carbons (Fsp3) is 0.278. The van der Waals surface area contributed by atoms with E-state index in [1.54, 1.807) is 12.1 Å². The molecule has 1 aliphatic rings. The van der Waals surface area contributed by atoms with Gasteiger partial charge in [0.15, 0.2) is 0 Å². The molecular weight excluding hydrogens is 356 g/mol. The van der Waals surface area contributed by atoms with Crippen LogP contribution in [0.3, 0.4) is 0 Å². The molecule has 7 heteroatoms. The minimum atomic E-state index is -3.75. The summed E-state index contributed by atoms with van der Waals surface area (Å²) in [7, 11) is -3.75. The molecule has 1 aromatic heterocycles. The van der Waals surface area contributed by atoms with Crippen molar-refractivity contribution in [3.63, 3.8) is 0 Å². The van der Waals surface area contributed by atoms with Gasteiger partial charge >= 0.3 is 0 Å². The van der Waals surface area contributed by atoms with Crippen LogP contribution < -0.4 is 10.3 Å². The molecule has 1 aliphatic carbocycles. The summed E-state index contributed by atoms with van der Waals surface area (Å²) in [5.41, 5.74) is 4.25. The number of rotatable bonds is 5. The topological polar surface area (TPSA) is 75.3 Å². The number of nitrogens with one attached hydrogen (secondary N) is 2. The van der Waals surface area contributed by atoms with Crippen LogP contribution in [-0.4, -0.2) is 14.3 Å². The Hall–Kier alpha value is -1.96. The third-order valence-corrected chi connectivity index (χ3v) is 6.22. The number of benzene rings is 1. The number of aryl methyl sites for hydroxylation is 1. The van der Waals surface area contributed by atoms with Gasteiger partial charge in [-0.3, -0.25) is 10.2 Å². The van der Waals surface area contributed by atoms with Gasteiger partial charge in [0.1, 0.15) is 0 Å². The molecule has 0 radical (unpaired) electrons. The molecule has 0 saturated carbocycles. The van der Waals surface area contributed by atoms with Gasteiger partial charge in [-0.05, 0) is 48.4 Å². The Kier molecular flexibility index (Phi) is 5.36. The van der Waals surface area contributed by atoms with E-state index in [-0.39, 0.29) is 0 Å². The van der Waals surface area contributed by atoms with E-state index in [2.05, 4.69) is 17.2 Å². The van der Waals surface area contributed by atoms with Crippen LogP contribution in [0.5, 0.6) is 0 Å². The number of sulfonamides is 1. The van der Waals surface area contributed by atoms with Crippen molar-refractivity contribution in [3.05, 3.63) is 62.7 Å². The van der Waals surface area contributed by atoms with Gasteiger partial charge in [-0.15, -0.1) is 16.2 Å². The van der Waals surface area contributed by atoms with E-state index in [0.29, 0.717) is 10.8 Å². The molecule has 0 spiro atoms. The molecule has 2 aromatic rings. The van der Waals surface area contributed by atoms with E-state index < -0.39 is 15.9 Å². The molecule has 0 fully saturated rings. The fourth-order valence-corrected chi connectivity index (χ4v) is 4.51. The molecule has 2 N–H and O–H groups in total. The minimum Gasteiger partial charge on any atom is -0.273 e. The maximum atomic E-state index is 12.2. The highest BCUT2D eigenvalue weighted by Crippen LogP contribution is 2.32. The third-order valence-electron chi connectivity index (χ3n) is 4.10. The van der Waals surface area contributed by atoms with Crippen molar-refractivity contribution >= 4 is 33.3 Å². The molecule has 1 amide bonds. The van der Waals surface area contributed by atoms with Gasteiger partial charge in [0.05, 0.1) is 4.88 Å². The Labute approximate surface area is 151 Å². The molecule has 1 atom stereocenters. The molecule has 0 bridgehead atoms. The lowest BCUT2D eigenvalue weighted by Crippen LogP contribution is -2.40.